The van der Waals surface area contributed by atoms with Gasteiger partial charge >= 0.3 is 35.7 Å². The number of nitro groups is 1. The Kier molecular flexibility index (Phi) is 11.8. The lowest BCUT2D eigenvalue weighted by molar-refractivity contribution is -0.387. The SMILES string of the molecule is COC(=O)[C@H]1OC(Oc2ccc(C(O)CNC(=O)OC(C)(C)C)cc2[N+](=O)[O-])C(OC(C)=O)[C@@H](OC(C)=O)[C@@H]1OC(C)=O. The maximum Gasteiger partial charge on any atom is 0.407 e. The number of nitrogens with one attached hydrogen (secondary N) is 1. The molecule has 2 N–H and O–H groups in total. The van der Waals surface area contributed by atoms with Gasteiger partial charge in [0.2, 0.25) is 12.4 Å². The molecule has 1 aromatic carbocycles. The molecule has 0 aromatic heterocycles. The molecular formula is C26H34N2O15. The van der Waals surface area contributed by atoms with Crippen LogP contribution in [0.3, 0.4) is 0 Å². The van der Waals surface area contributed by atoms with Gasteiger partial charge in [-0.15, -0.1) is 0 Å². The average Bonchev–Trinajstić information content (AvgIpc) is 2.88. The molecule has 0 radical (unpaired) electrons. The van der Waals surface area contributed by atoms with Crippen molar-refractivity contribution in [1.29, 1.82) is 0 Å². The Labute approximate surface area is 245 Å². The van der Waals surface area contributed by atoms with Crippen molar-refractivity contribution in [3.63, 3.8) is 0 Å². The lowest BCUT2D eigenvalue weighted by Crippen LogP contribution is -2.64. The Morgan fingerprint density at radius 2 is 1.56 bits per heavy atom. The first-order chi connectivity index (χ1) is 19.9. The fourth-order valence-corrected chi connectivity index (χ4v) is 3.90. The van der Waals surface area contributed by atoms with Crippen LogP contribution in [0.1, 0.15) is 53.2 Å². The highest BCUT2D eigenvalue weighted by Gasteiger charge is 2.56. The van der Waals surface area contributed by atoms with E-state index >= 15 is 0 Å². The minimum atomic E-state index is -1.84. The third-order valence-electron chi connectivity index (χ3n) is 5.48. The number of ether oxygens (including phenoxy) is 7. The summed E-state index contributed by atoms with van der Waals surface area (Å²) in [6.07, 6.45) is -10.9. The summed E-state index contributed by atoms with van der Waals surface area (Å²) in [4.78, 5) is 71.3. The Morgan fingerprint density at radius 3 is 2.07 bits per heavy atom. The molecule has 1 aliphatic heterocycles. The molecule has 1 heterocycles. The third kappa shape index (κ3) is 10.1. The predicted octanol–water partition coefficient (Wildman–Crippen LogP) is 1.22. The van der Waals surface area contributed by atoms with Crippen molar-refractivity contribution in [2.24, 2.45) is 0 Å². The fourth-order valence-electron chi connectivity index (χ4n) is 3.90. The molecule has 6 atom stereocenters. The van der Waals surface area contributed by atoms with Crippen LogP contribution in [0.2, 0.25) is 0 Å². The smallest absolute Gasteiger partial charge is 0.407 e. The van der Waals surface area contributed by atoms with Crippen molar-refractivity contribution in [3.05, 3.63) is 33.9 Å². The van der Waals surface area contributed by atoms with E-state index < -0.39 is 88.7 Å². The van der Waals surface area contributed by atoms with Crippen LogP contribution in [0.15, 0.2) is 18.2 Å². The summed E-state index contributed by atoms with van der Waals surface area (Å²) in [5.74, 6) is -4.33. The number of hydrogen-bond acceptors (Lipinski definition) is 15. The summed E-state index contributed by atoms with van der Waals surface area (Å²) in [7, 11) is 0.998. The van der Waals surface area contributed by atoms with Gasteiger partial charge in [-0.3, -0.25) is 24.5 Å². The molecule has 1 aliphatic rings. The van der Waals surface area contributed by atoms with Crippen molar-refractivity contribution in [2.45, 2.75) is 84.0 Å². The van der Waals surface area contributed by atoms with E-state index in [1.54, 1.807) is 20.8 Å². The molecule has 17 nitrogen and oxygen atoms in total. The highest BCUT2D eigenvalue weighted by Crippen LogP contribution is 2.35. The second kappa shape index (κ2) is 14.6. The molecule has 17 heteroatoms. The maximum absolute atomic E-state index is 12.6. The van der Waals surface area contributed by atoms with Gasteiger partial charge in [0, 0.05) is 26.8 Å². The number of aliphatic hydroxyl groups excluding tert-OH is 1. The van der Waals surface area contributed by atoms with Crippen molar-refractivity contribution in [3.8, 4) is 5.75 Å². The van der Waals surface area contributed by atoms with E-state index in [0.717, 1.165) is 40.0 Å². The third-order valence-corrected chi connectivity index (χ3v) is 5.48. The molecule has 1 aromatic rings. The molecule has 0 bridgehead atoms. The highest BCUT2D eigenvalue weighted by atomic mass is 16.7. The van der Waals surface area contributed by atoms with E-state index in [1.165, 1.54) is 6.07 Å². The molecule has 1 saturated heterocycles. The van der Waals surface area contributed by atoms with Crippen molar-refractivity contribution in [2.75, 3.05) is 13.7 Å². The number of rotatable bonds is 10. The second-order valence-electron chi connectivity index (χ2n) is 10.2. The van der Waals surface area contributed by atoms with Crippen LogP contribution in [0.4, 0.5) is 10.5 Å². The molecule has 1 amide bonds. The van der Waals surface area contributed by atoms with Crippen LogP contribution in [0.5, 0.6) is 5.75 Å². The number of methoxy groups -OCH3 is 1. The number of alkyl carbamates (subject to hydrolysis) is 1. The number of nitro benzene ring substituents is 1. The first kappa shape index (κ1) is 34.7. The minimum absolute atomic E-state index is 0.0105. The Balaban J connectivity index is 2.46. The first-order valence-electron chi connectivity index (χ1n) is 12.8. The second-order valence-corrected chi connectivity index (χ2v) is 10.2. The normalized spacial score (nSPS) is 22.3. The Hall–Kier alpha value is -4.51. The standard InChI is InChI=1S/C26H34N2O15/c1-12(29)38-19-20(39-13(2)30)22(40-14(3)31)24(42-21(19)23(33)37-7)41-18-9-8-15(10-16(18)28(35)36)17(32)11-27-25(34)43-26(4,5)6/h8-10,17,19-22,24,32H,11H2,1-7H3,(H,27,34)/t17?,19-,20-,21-,22?,24?/m0/s1. The van der Waals surface area contributed by atoms with E-state index in [1.807, 2.05) is 0 Å². The summed E-state index contributed by atoms with van der Waals surface area (Å²) >= 11 is 0. The molecule has 43 heavy (non-hydrogen) atoms. The molecule has 0 saturated carbocycles. The van der Waals surface area contributed by atoms with E-state index in [9.17, 15) is 39.2 Å². The van der Waals surface area contributed by atoms with Gasteiger partial charge in [0.15, 0.2) is 24.1 Å². The predicted molar refractivity (Wildman–Crippen MR) is 140 cm³/mol. The summed E-state index contributed by atoms with van der Waals surface area (Å²) in [5, 5.41) is 24.8. The summed E-state index contributed by atoms with van der Waals surface area (Å²) in [5.41, 5.74) is -1.48. The number of hydrogen-bond donors (Lipinski definition) is 2. The van der Waals surface area contributed by atoms with Gasteiger partial charge in [-0.1, -0.05) is 6.07 Å². The van der Waals surface area contributed by atoms with Crippen molar-refractivity contribution < 1.29 is 67.2 Å². The Bertz CT molecular complexity index is 1230. The van der Waals surface area contributed by atoms with E-state index in [0.29, 0.717) is 0 Å². The van der Waals surface area contributed by atoms with Gasteiger partial charge in [0.25, 0.3) is 0 Å². The topological polar surface area (TPSA) is 225 Å². The van der Waals surface area contributed by atoms with Crippen LogP contribution < -0.4 is 10.1 Å². The van der Waals surface area contributed by atoms with Crippen LogP contribution in [-0.2, 0) is 47.6 Å². The average molecular weight is 615 g/mol. The van der Waals surface area contributed by atoms with Gasteiger partial charge < -0.3 is 43.6 Å². The lowest BCUT2D eigenvalue weighted by atomic mass is 9.97. The van der Waals surface area contributed by atoms with Crippen LogP contribution in [0, 0.1) is 10.1 Å². The number of carbonyl (C=O) groups is 5. The minimum Gasteiger partial charge on any atom is -0.467 e. The molecule has 238 valence electrons. The highest BCUT2D eigenvalue weighted by molar-refractivity contribution is 5.77. The van der Waals surface area contributed by atoms with E-state index in [4.69, 9.17) is 33.2 Å². The van der Waals surface area contributed by atoms with Crippen molar-refractivity contribution in [1.82, 2.24) is 5.32 Å². The molecule has 0 aliphatic carbocycles. The van der Waals surface area contributed by atoms with Gasteiger partial charge in [0.1, 0.15) is 5.60 Å². The number of benzene rings is 1. The van der Waals surface area contributed by atoms with Crippen LogP contribution >= 0.6 is 0 Å². The number of esters is 4. The zero-order valence-electron chi connectivity index (χ0n) is 24.5. The van der Waals surface area contributed by atoms with Crippen LogP contribution in [-0.4, -0.2) is 90.0 Å². The number of amides is 1. The van der Waals surface area contributed by atoms with Crippen molar-refractivity contribution >= 4 is 35.7 Å². The molecule has 1 fully saturated rings. The fraction of sp³-hybridized carbons (Fsp3) is 0.577. The van der Waals surface area contributed by atoms with Gasteiger partial charge in [0.05, 0.1) is 24.7 Å². The van der Waals surface area contributed by atoms with Crippen LogP contribution in [0.25, 0.3) is 0 Å². The zero-order chi connectivity index (χ0) is 32.6. The maximum atomic E-state index is 12.6. The number of nitrogens with zero attached hydrogens (tertiary/aromatic N) is 1. The lowest BCUT2D eigenvalue weighted by Gasteiger charge is -2.42. The molecular weight excluding hydrogens is 580 g/mol. The van der Waals surface area contributed by atoms with Gasteiger partial charge in [-0.25, -0.2) is 9.59 Å². The summed E-state index contributed by atoms with van der Waals surface area (Å²) < 4.78 is 36.8. The zero-order valence-corrected chi connectivity index (χ0v) is 24.5. The molecule has 0 spiro atoms. The molecule has 2 rings (SSSR count). The van der Waals surface area contributed by atoms with E-state index in [-0.39, 0.29) is 12.1 Å². The number of aliphatic hydroxyl groups is 1. The molecule has 3 unspecified atom stereocenters. The monoisotopic (exact) mass is 614 g/mol. The number of carbonyl (C=O) groups excluding carboxylic acids is 5. The van der Waals surface area contributed by atoms with Gasteiger partial charge in [-0.05, 0) is 32.4 Å². The quantitative estimate of drug-likeness (QED) is 0.163. The van der Waals surface area contributed by atoms with Gasteiger partial charge in [-0.2, -0.15) is 0 Å². The summed E-state index contributed by atoms with van der Waals surface area (Å²) in [6.45, 7) is 7.59. The van der Waals surface area contributed by atoms with E-state index in [2.05, 4.69) is 5.32 Å². The largest absolute Gasteiger partial charge is 0.467 e. The Morgan fingerprint density at radius 1 is 1.00 bits per heavy atom. The first-order valence-corrected chi connectivity index (χ1v) is 12.8. The summed E-state index contributed by atoms with van der Waals surface area (Å²) in [6, 6.07) is 3.30.